The van der Waals surface area contributed by atoms with Gasteiger partial charge in [0.05, 0.1) is 61.6 Å². The number of amides is 2. The Balaban J connectivity index is 1.52. The standard InChI is InChI=1S/C29H31F5N6O12/c1-12(42)36-21-18(43)7-28(26(46)47,52-23(21)22(45)19(44)10-41)51-20-4-3-15(6-16(20)24(30)31)40-9-14(38-39-40)11-50-27(48)37-13-5-17(29(32,33)34)25(49-2)35-8-13/h3-6,8-9,18-19,21-24,41,43-45H,7,10-11H2,1-2H3,(H,36,42)(H,37,48)(H,46,47)/t18-,19+,21+,22+,23+,28+/m0/s1. The molecule has 2 amide bonds. The molecule has 3 heterocycles. The van der Waals surface area contributed by atoms with Crippen molar-refractivity contribution in [2.24, 2.45) is 0 Å². The van der Waals surface area contributed by atoms with Crippen LogP contribution in [0.1, 0.15) is 36.6 Å². The molecule has 18 nitrogen and oxygen atoms in total. The van der Waals surface area contributed by atoms with Crippen LogP contribution in [0.4, 0.5) is 32.4 Å². The zero-order chi connectivity index (χ0) is 38.5. The number of methoxy groups -OCH3 is 1. The second-order valence-corrected chi connectivity index (χ2v) is 11.1. The van der Waals surface area contributed by atoms with Gasteiger partial charge in [-0.2, -0.15) is 13.2 Å². The molecule has 1 aliphatic heterocycles. The van der Waals surface area contributed by atoms with Gasteiger partial charge in [0.15, 0.2) is 0 Å². The van der Waals surface area contributed by atoms with Gasteiger partial charge in [-0.25, -0.2) is 28.0 Å². The molecule has 0 aliphatic carbocycles. The van der Waals surface area contributed by atoms with Crippen molar-refractivity contribution in [1.29, 1.82) is 0 Å². The first-order chi connectivity index (χ1) is 24.4. The molecule has 1 aromatic carbocycles. The van der Waals surface area contributed by atoms with Gasteiger partial charge < -0.3 is 49.8 Å². The van der Waals surface area contributed by atoms with Crippen molar-refractivity contribution in [3.05, 3.63) is 53.5 Å². The van der Waals surface area contributed by atoms with Crippen LogP contribution in [0.25, 0.3) is 5.69 Å². The number of benzene rings is 1. The predicted octanol–water partition coefficient (Wildman–Crippen LogP) is 0.904. The molecule has 1 aliphatic rings. The predicted molar refractivity (Wildman–Crippen MR) is 159 cm³/mol. The number of nitrogens with one attached hydrogen (secondary N) is 2. The molecule has 1 fully saturated rings. The van der Waals surface area contributed by atoms with Gasteiger partial charge in [-0.05, 0) is 24.3 Å². The van der Waals surface area contributed by atoms with Gasteiger partial charge in [-0.1, -0.05) is 5.21 Å². The number of carbonyl (C=O) groups is 3. The zero-order valence-corrected chi connectivity index (χ0v) is 26.8. The van der Waals surface area contributed by atoms with Gasteiger partial charge in [-0.3, -0.25) is 10.1 Å². The molecule has 4 rings (SSSR count). The number of anilines is 1. The molecule has 52 heavy (non-hydrogen) atoms. The molecule has 0 unspecified atom stereocenters. The van der Waals surface area contributed by atoms with Crippen LogP contribution in [0, 0.1) is 0 Å². The minimum Gasteiger partial charge on any atom is -0.481 e. The highest BCUT2D eigenvalue weighted by Gasteiger charge is 2.57. The van der Waals surface area contributed by atoms with E-state index < -0.39 is 109 Å². The first-order valence-electron chi connectivity index (χ1n) is 14.8. The SMILES string of the molecule is COc1ncc(NC(=O)OCc2cn(-c3ccc(O[C@]4(C(=O)O)C[C@H](O)[C@@H](NC(C)=O)[C@H]([C@H](O)[C@H](O)CO)O4)c(C(F)F)c3)nn2)cc1C(F)(F)F. The average Bonchev–Trinajstić information content (AvgIpc) is 3.56. The van der Waals surface area contributed by atoms with Crippen LogP contribution in [0.2, 0.25) is 0 Å². The maximum atomic E-state index is 14.3. The molecule has 7 N–H and O–H groups in total. The number of carboxylic acids is 1. The molecular weight excluding hydrogens is 719 g/mol. The molecule has 23 heteroatoms. The number of carboxylic acid groups (broad SMARTS) is 1. The molecule has 0 bridgehead atoms. The fourth-order valence-corrected chi connectivity index (χ4v) is 5.02. The number of alkyl halides is 5. The summed E-state index contributed by atoms with van der Waals surface area (Å²) in [6.45, 7) is -0.589. The van der Waals surface area contributed by atoms with E-state index in [2.05, 4.69) is 30.7 Å². The van der Waals surface area contributed by atoms with Crippen LogP contribution in [0.3, 0.4) is 0 Å². The number of carbonyl (C=O) groups excluding carboxylic acids is 2. The Kier molecular flexibility index (Phi) is 12.2. The molecule has 1 saturated heterocycles. The Bertz CT molecular complexity index is 1760. The molecular formula is C29H31F5N6O12. The Labute approximate surface area is 288 Å². The second-order valence-electron chi connectivity index (χ2n) is 11.1. The lowest BCUT2D eigenvalue weighted by molar-refractivity contribution is -0.284. The Morgan fingerprint density at radius 1 is 1.19 bits per heavy atom. The topological polar surface area (TPSA) is 257 Å². The number of ether oxygens (including phenoxy) is 4. The second kappa shape index (κ2) is 16.0. The summed E-state index contributed by atoms with van der Waals surface area (Å²) in [4.78, 5) is 39.9. The van der Waals surface area contributed by atoms with E-state index >= 15 is 0 Å². The van der Waals surface area contributed by atoms with Crippen molar-refractivity contribution in [2.45, 2.75) is 68.8 Å². The van der Waals surface area contributed by atoms with Gasteiger partial charge >= 0.3 is 24.0 Å². The number of pyridine rings is 1. The quantitative estimate of drug-likeness (QED) is 0.120. The molecule has 3 aromatic rings. The summed E-state index contributed by atoms with van der Waals surface area (Å²) in [5.41, 5.74) is -2.67. The van der Waals surface area contributed by atoms with E-state index in [1.165, 1.54) is 0 Å². The molecule has 284 valence electrons. The van der Waals surface area contributed by atoms with Crippen molar-refractivity contribution < 1.29 is 80.8 Å². The van der Waals surface area contributed by atoms with Crippen LogP contribution >= 0.6 is 0 Å². The number of hydrogen-bond acceptors (Lipinski definition) is 14. The molecule has 0 radical (unpaired) electrons. The third kappa shape index (κ3) is 8.97. The van der Waals surface area contributed by atoms with Crippen LogP contribution in [-0.4, -0.2) is 113 Å². The number of halogens is 5. The van der Waals surface area contributed by atoms with Crippen LogP contribution in [0.15, 0.2) is 36.7 Å². The van der Waals surface area contributed by atoms with E-state index in [0.717, 1.165) is 49.3 Å². The Morgan fingerprint density at radius 2 is 1.90 bits per heavy atom. The highest BCUT2D eigenvalue weighted by Crippen LogP contribution is 2.39. The number of aromatic nitrogens is 4. The van der Waals surface area contributed by atoms with Crippen molar-refractivity contribution in [2.75, 3.05) is 19.0 Å². The summed E-state index contributed by atoms with van der Waals surface area (Å²) in [5, 5.41) is 62.5. The van der Waals surface area contributed by atoms with Crippen molar-refractivity contribution in [3.8, 4) is 17.3 Å². The summed E-state index contributed by atoms with van der Waals surface area (Å²) < 4.78 is 89.8. The highest BCUT2D eigenvalue weighted by molar-refractivity contribution is 5.84. The van der Waals surface area contributed by atoms with Crippen LogP contribution in [-0.2, 0) is 31.8 Å². The lowest BCUT2D eigenvalue weighted by Gasteiger charge is -2.46. The van der Waals surface area contributed by atoms with Crippen molar-refractivity contribution in [1.82, 2.24) is 25.3 Å². The maximum absolute atomic E-state index is 14.3. The lowest BCUT2D eigenvalue weighted by atomic mass is 9.88. The van der Waals surface area contributed by atoms with Gasteiger partial charge in [0.1, 0.15) is 41.9 Å². The molecule has 0 spiro atoms. The normalized spacial score (nSPS) is 21.6. The van der Waals surface area contributed by atoms with E-state index in [9.17, 15) is 61.9 Å². The van der Waals surface area contributed by atoms with Crippen LogP contribution in [0.5, 0.6) is 11.6 Å². The fourth-order valence-electron chi connectivity index (χ4n) is 5.02. The third-order valence-corrected chi connectivity index (χ3v) is 7.44. The minimum absolute atomic E-state index is 0.0456. The number of aliphatic hydroxyl groups excluding tert-OH is 4. The van der Waals surface area contributed by atoms with E-state index in [1.54, 1.807) is 0 Å². The third-order valence-electron chi connectivity index (χ3n) is 7.44. The summed E-state index contributed by atoms with van der Waals surface area (Å²) in [6.07, 6.45) is -16.1. The number of aliphatic hydroxyl groups is 4. The van der Waals surface area contributed by atoms with Gasteiger partial charge in [0.25, 0.3) is 6.43 Å². The molecule has 0 saturated carbocycles. The van der Waals surface area contributed by atoms with Gasteiger partial charge in [0.2, 0.25) is 11.8 Å². The highest BCUT2D eigenvalue weighted by atomic mass is 19.4. The first-order valence-corrected chi connectivity index (χ1v) is 14.8. The van der Waals surface area contributed by atoms with Gasteiger partial charge in [0, 0.05) is 6.92 Å². The Morgan fingerprint density at radius 3 is 2.50 bits per heavy atom. The van der Waals surface area contributed by atoms with Crippen molar-refractivity contribution in [3.63, 3.8) is 0 Å². The van der Waals surface area contributed by atoms with E-state index in [0.29, 0.717) is 6.07 Å². The Hall–Kier alpha value is -5.23. The molecule has 6 atom stereocenters. The van der Waals surface area contributed by atoms with E-state index in [4.69, 9.17) is 14.2 Å². The largest absolute Gasteiger partial charge is 0.481 e. The van der Waals surface area contributed by atoms with Crippen molar-refractivity contribution >= 4 is 23.7 Å². The van der Waals surface area contributed by atoms with Gasteiger partial charge in [-0.15, -0.1) is 5.10 Å². The van der Waals surface area contributed by atoms with E-state index in [1.807, 2.05) is 0 Å². The number of aliphatic carboxylic acids is 1. The summed E-state index contributed by atoms with van der Waals surface area (Å²) >= 11 is 0. The van der Waals surface area contributed by atoms with E-state index in [-0.39, 0.29) is 17.1 Å². The first kappa shape index (κ1) is 39.6. The fraction of sp³-hybridized carbons (Fsp3) is 0.448. The molecule has 2 aromatic heterocycles. The summed E-state index contributed by atoms with van der Waals surface area (Å²) in [6, 6.07) is 1.93. The maximum Gasteiger partial charge on any atom is 0.421 e. The monoisotopic (exact) mass is 750 g/mol. The number of rotatable bonds is 13. The number of nitrogens with zero attached hydrogens (tertiary/aromatic N) is 4. The number of hydrogen-bond donors (Lipinski definition) is 7. The smallest absolute Gasteiger partial charge is 0.421 e. The summed E-state index contributed by atoms with van der Waals surface area (Å²) in [5.74, 6) is -7.14. The minimum atomic E-state index is -4.84. The lowest BCUT2D eigenvalue weighted by Crippen LogP contribution is -2.68. The average molecular weight is 751 g/mol. The summed E-state index contributed by atoms with van der Waals surface area (Å²) in [7, 11) is 0.984. The van der Waals surface area contributed by atoms with Crippen LogP contribution < -0.4 is 20.1 Å². The zero-order valence-electron chi connectivity index (χ0n) is 26.8.